The number of nitrogens with one attached hydrogen (secondary N) is 2. The summed E-state index contributed by atoms with van der Waals surface area (Å²) in [7, 11) is 0. The highest BCUT2D eigenvalue weighted by Crippen LogP contribution is 2.12. The third-order valence-electron chi connectivity index (χ3n) is 3.23. The number of para-hydroxylation sites is 1. The van der Waals surface area contributed by atoms with Crippen LogP contribution in [0.15, 0.2) is 67.0 Å². The minimum atomic E-state index is -0.228. The predicted molar refractivity (Wildman–Crippen MR) is 88.9 cm³/mol. The minimum Gasteiger partial charge on any atom is -0.336 e. The molecule has 0 aliphatic rings. The van der Waals surface area contributed by atoms with Crippen molar-refractivity contribution in [2.75, 3.05) is 11.9 Å². The molecule has 6 nitrogen and oxygen atoms in total. The van der Waals surface area contributed by atoms with E-state index in [0.717, 1.165) is 17.1 Å². The first-order valence-corrected chi connectivity index (χ1v) is 7.36. The molecule has 3 rings (SSSR count). The molecule has 0 atom stereocenters. The summed E-state index contributed by atoms with van der Waals surface area (Å²) in [5.41, 5.74) is 2.42. The van der Waals surface area contributed by atoms with Crippen molar-refractivity contribution < 1.29 is 4.79 Å². The maximum Gasteiger partial charge on any atom is 0.319 e. The van der Waals surface area contributed by atoms with Crippen molar-refractivity contribution in [2.24, 2.45) is 0 Å². The van der Waals surface area contributed by atoms with Crippen LogP contribution in [0.25, 0.3) is 11.4 Å². The van der Waals surface area contributed by atoms with Gasteiger partial charge in [0.1, 0.15) is 5.69 Å². The number of hydrogen-bond donors (Lipinski definition) is 2. The molecule has 2 heterocycles. The van der Waals surface area contributed by atoms with Crippen molar-refractivity contribution >= 4 is 11.7 Å². The molecular formula is C17H17N5O. The van der Waals surface area contributed by atoms with Crippen LogP contribution >= 0.6 is 0 Å². The van der Waals surface area contributed by atoms with E-state index >= 15 is 0 Å². The fraction of sp³-hybridized carbons (Fsp3) is 0.118. The van der Waals surface area contributed by atoms with Gasteiger partial charge in [-0.2, -0.15) is 5.10 Å². The topological polar surface area (TPSA) is 71.8 Å². The largest absolute Gasteiger partial charge is 0.336 e. The van der Waals surface area contributed by atoms with Gasteiger partial charge in [-0.25, -0.2) is 4.79 Å². The standard InChI is InChI=1S/C17H17N5O/c23-17(20-14-6-2-1-3-7-14)19-11-13-22-12-9-16(21-22)15-8-4-5-10-18-15/h1-10,12H,11,13H2,(H2,19,20,23). The molecule has 2 amide bonds. The highest BCUT2D eigenvalue weighted by atomic mass is 16.2. The molecule has 0 bridgehead atoms. The smallest absolute Gasteiger partial charge is 0.319 e. The number of anilines is 1. The van der Waals surface area contributed by atoms with Gasteiger partial charge in [-0.1, -0.05) is 24.3 Å². The van der Waals surface area contributed by atoms with Gasteiger partial charge in [0, 0.05) is 24.6 Å². The van der Waals surface area contributed by atoms with Gasteiger partial charge in [-0.05, 0) is 30.3 Å². The van der Waals surface area contributed by atoms with Crippen molar-refractivity contribution in [3.63, 3.8) is 0 Å². The molecule has 0 radical (unpaired) electrons. The molecule has 0 spiro atoms. The zero-order chi connectivity index (χ0) is 15.9. The van der Waals surface area contributed by atoms with Crippen molar-refractivity contribution in [2.45, 2.75) is 6.54 Å². The quantitative estimate of drug-likeness (QED) is 0.761. The third kappa shape index (κ3) is 4.16. The zero-order valence-corrected chi connectivity index (χ0v) is 12.5. The van der Waals surface area contributed by atoms with E-state index in [1.807, 2.05) is 60.8 Å². The average molecular weight is 307 g/mol. The van der Waals surface area contributed by atoms with Gasteiger partial charge in [0.15, 0.2) is 0 Å². The van der Waals surface area contributed by atoms with Crippen LogP contribution in [0.4, 0.5) is 10.5 Å². The van der Waals surface area contributed by atoms with Gasteiger partial charge >= 0.3 is 6.03 Å². The number of carbonyl (C=O) groups excluding carboxylic acids is 1. The number of benzene rings is 1. The second-order valence-electron chi connectivity index (χ2n) is 4.93. The van der Waals surface area contributed by atoms with Gasteiger partial charge < -0.3 is 10.6 Å². The van der Waals surface area contributed by atoms with Gasteiger partial charge in [0.25, 0.3) is 0 Å². The highest BCUT2D eigenvalue weighted by molar-refractivity contribution is 5.89. The monoisotopic (exact) mass is 307 g/mol. The van der Waals surface area contributed by atoms with E-state index in [2.05, 4.69) is 20.7 Å². The molecular weight excluding hydrogens is 290 g/mol. The summed E-state index contributed by atoms with van der Waals surface area (Å²) in [6.45, 7) is 1.08. The number of carbonyl (C=O) groups is 1. The van der Waals surface area contributed by atoms with Gasteiger partial charge in [0.2, 0.25) is 0 Å². The van der Waals surface area contributed by atoms with E-state index in [9.17, 15) is 4.79 Å². The number of amides is 2. The maximum absolute atomic E-state index is 11.8. The Kier molecular flexibility index (Phi) is 4.63. The lowest BCUT2D eigenvalue weighted by atomic mass is 10.3. The van der Waals surface area contributed by atoms with Gasteiger partial charge in [-0.15, -0.1) is 0 Å². The maximum atomic E-state index is 11.8. The lowest BCUT2D eigenvalue weighted by Crippen LogP contribution is -2.31. The van der Waals surface area contributed by atoms with Crippen LogP contribution < -0.4 is 10.6 Å². The van der Waals surface area contributed by atoms with Crippen molar-refractivity contribution in [1.82, 2.24) is 20.1 Å². The predicted octanol–water partition coefficient (Wildman–Crippen LogP) is 2.77. The second-order valence-corrected chi connectivity index (χ2v) is 4.93. The Morgan fingerprint density at radius 2 is 1.83 bits per heavy atom. The Bertz CT molecular complexity index is 755. The van der Waals surface area contributed by atoms with Crippen LogP contribution in [0.2, 0.25) is 0 Å². The lowest BCUT2D eigenvalue weighted by Gasteiger charge is -2.07. The van der Waals surface area contributed by atoms with Crippen LogP contribution in [0.5, 0.6) is 0 Å². The van der Waals surface area contributed by atoms with Crippen LogP contribution in [-0.2, 0) is 6.54 Å². The molecule has 0 fully saturated rings. The molecule has 0 aliphatic carbocycles. The van der Waals surface area contributed by atoms with E-state index in [1.165, 1.54) is 0 Å². The minimum absolute atomic E-state index is 0.228. The zero-order valence-electron chi connectivity index (χ0n) is 12.5. The van der Waals surface area contributed by atoms with Crippen LogP contribution in [-0.4, -0.2) is 27.3 Å². The Labute approximate surface area is 134 Å². The Hall–Kier alpha value is -3.15. The first-order chi connectivity index (χ1) is 11.3. The lowest BCUT2D eigenvalue weighted by molar-refractivity contribution is 0.251. The van der Waals surface area contributed by atoms with E-state index in [-0.39, 0.29) is 6.03 Å². The molecule has 6 heteroatoms. The molecule has 0 unspecified atom stereocenters. The fourth-order valence-corrected chi connectivity index (χ4v) is 2.12. The van der Waals surface area contributed by atoms with Crippen molar-refractivity contribution in [3.05, 3.63) is 67.0 Å². The summed E-state index contributed by atoms with van der Waals surface area (Å²) in [5, 5.41) is 10.0. The molecule has 2 aromatic heterocycles. The fourth-order valence-electron chi connectivity index (χ4n) is 2.12. The number of pyridine rings is 1. The van der Waals surface area contributed by atoms with Crippen molar-refractivity contribution in [3.8, 4) is 11.4 Å². The third-order valence-corrected chi connectivity index (χ3v) is 3.23. The Morgan fingerprint density at radius 3 is 2.61 bits per heavy atom. The normalized spacial score (nSPS) is 10.3. The summed E-state index contributed by atoms with van der Waals surface area (Å²) < 4.78 is 1.78. The highest BCUT2D eigenvalue weighted by Gasteiger charge is 2.04. The molecule has 0 aliphatic heterocycles. The first-order valence-electron chi connectivity index (χ1n) is 7.36. The van der Waals surface area contributed by atoms with E-state index in [4.69, 9.17) is 0 Å². The first kappa shape index (κ1) is 14.8. The van der Waals surface area contributed by atoms with Crippen LogP contribution in [0.3, 0.4) is 0 Å². The molecule has 116 valence electrons. The summed E-state index contributed by atoms with van der Waals surface area (Å²) in [5.74, 6) is 0. The van der Waals surface area contributed by atoms with E-state index < -0.39 is 0 Å². The van der Waals surface area contributed by atoms with Gasteiger partial charge in [-0.3, -0.25) is 9.67 Å². The Balaban J connectivity index is 1.48. The molecule has 3 aromatic rings. The SMILES string of the molecule is O=C(NCCn1ccc(-c2ccccn2)n1)Nc1ccccc1. The summed E-state index contributed by atoms with van der Waals surface area (Å²) in [6, 6.07) is 16.7. The second kappa shape index (κ2) is 7.22. The number of aromatic nitrogens is 3. The molecule has 2 N–H and O–H groups in total. The van der Waals surface area contributed by atoms with Crippen LogP contribution in [0.1, 0.15) is 0 Å². The average Bonchev–Trinajstić information content (AvgIpc) is 3.05. The molecule has 23 heavy (non-hydrogen) atoms. The van der Waals surface area contributed by atoms with Crippen LogP contribution in [0, 0.1) is 0 Å². The molecule has 0 saturated carbocycles. The summed E-state index contributed by atoms with van der Waals surface area (Å²) in [4.78, 5) is 16.0. The number of urea groups is 1. The summed E-state index contributed by atoms with van der Waals surface area (Å²) >= 11 is 0. The Morgan fingerprint density at radius 1 is 1.00 bits per heavy atom. The summed E-state index contributed by atoms with van der Waals surface area (Å²) in [6.07, 6.45) is 3.62. The molecule has 1 aromatic carbocycles. The molecule has 0 saturated heterocycles. The van der Waals surface area contributed by atoms with E-state index in [1.54, 1.807) is 10.9 Å². The van der Waals surface area contributed by atoms with E-state index in [0.29, 0.717) is 13.1 Å². The number of rotatable bonds is 5. The van der Waals surface area contributed by atoms with Crippen molar-refractivity contribution in [1.29, 1.82) is 0 Å². The number of nitrogens with zero attached hydrogens (tertiary/aromatic N) is 3. The number of hydrogen-bond acceptors (Lipinski definition) is 3. The van der Waals surface area contributed by atoms with Gasteiger partial charge in [0.05, 0.1) is 12.2 Å².